The first-order chi connectivity index (χ1) is 8.31. The second-order valence-electron chi connectivity index (χ2n) is 5.74. The summed E-state index contributed by atoms with van der Waals surface area (Å²) in [6.45, 7) is 4.08. The van der Waals surface area contributed by atoms with Crippen LogP contribution in [0.15, 0.2) is 17.5 Å². The summed E-state index contributed by atoms with van der Waals surface area (Å²) in [5, 5.41) is 5.54. The van der Waals surface area contributed by atoms with Gasteiger partial charge in [-0.25, -0.2) is 8.42 Å². The molecule has 0 spiro atoms. The number of rotatable bonds is 6. The first kappa shape index (κ1) is 14.0. The summed E-state index contributed by atoms with van der Waals surface area (Å²) < 4.78 is 22.7. The molecule has 1 aliphatic rings. The highest BCUT2D eigenvalue weighted by atomic mass is 32.2. The van der Waals surface area contributed by atoms with E-state index in [-0.39, 0.29) is 0 Å². The maximum atomic E-state index is 11.7. The minimum atomic E-state index is -3.03. The van der Waals surface area contributed by atoms with E-state index in [1.807, 2.05) is 0 Å². The Labute approximate surface area is 114 Å². The van der Waals surface area contributed by atoms with E-state index in [1.165, 1.54) is 24.0 Å². The lowest BCUT2D eigenvalue weighted by molar-refractivity contribution is 0.445. The van der Waals surface area contributed by atoms with Crippen LogP contribution in [0.1, 0.15) is 37.6 Å². The Bertz CT molecular complexity index is 487. The van der Waals surface area contributed by atoms with Crippen LogP contribution in [0.25, 0.3) is 0 Å². The Morgan fingerprint density at radius 1 is 1.50 bits per heavy atom. The fourth-order valence-electron chi connectivity index (χ4n) is 1.88. The molecule has 102 valence electrons. The van der Waals surface area contributed by atoms with Gasteiger partial charge in [0.15, 0.2) is 9.84 Å². The molecule has 1 atom stereocenters. The standard InChI is InChI=1S/C13H21NO2S2/c1-13(2,18(3,15)16)9-14-12(10-6-7-10)11-5-4-8-17-11/h4-5,8,10,12,14H,6-7,9H2,1-3H3. The molecule has 0 saturated heterocycles. The Morgan fingerprint density at radius 3 is 2.61 bits per heavy atom. The van der Waals surface area contributed by atoms with E-state index in [0.29, 0.717) is 18.5 Å². The van der Waals surface area contributed by atoms with Crippen molar-refractivity contribution < 1.29 is 8.42 Å². The zero-order chi connectivity index (χ0) is 13.4. The molecule has 1 aliphatic carbocycles. The number of nitrogens with one attached hydrogen (secondary N) is 1. The fourth-order valence-corrected chi connectivity index (χ4v) is 3.12. The first-order valence-corrected chi connectivity index (χ1v) is 9.05. The van der Waals surface area contributed by atoms with E-state index >= 15 is 0 Å². The molecule has 2 rings (SSSR count). The van der Waals surface area contributed by atoms with Gasteiger partial charge in [-0.2, -0.15) is 0 Å². The molecule has 1 N–H and O–H groups in total. The van der Waals surface area contributed by atoms with Gasteiger partial charge in [0.2, 0.25) is 0 Å². The van der Waals surface area contributed by atoms with Gasteiger partial charge in [-0.05, 0) is 44.1 Å². The van der Waals surface area contributed by atoms with Crippen LogP contribution in [-0.4, -0.2) is 26.0 Å². The largest absolute Gasteiger partial charge is 0.307 e. The molecule has 0 aliphatic heterocycles. The van der Waals surface area contributed by atoms with Crippen molar-refractivity contribution in [2.45, 2.75) is 37.5 Å². The number of hydrogen-bond acceptors (Lipinski definition) is 4. The Kier molecular flexibility index (Phi) is 3.85. The number of hydrogen-bond donors (Lipinski definition) is 1. The van der Waals surface area contributed by atoms with Crippen molar-refractivity contribution >= 4 is 21.2 Å². The maximum absolute atomic E-state index is 11.7. The van der Waals surface area contributed by atoms with E-state index in [4.69, 9.17) is 0 Å². The van der Waals surface area contributed by atoms with Gasteiger partial charge in [-0.1, -0.05) is 6.07 Å². The van der Waals surface area contributed by atoms with Crippen molar-refractivity contribution in [1.29, 1.82) is 0 Å². The summed E-state index contributed by atoms with van der Waals surface area (Å²) in [6, 6.07) is 4.51. The minimum Gasteiger partial charge on any atom is -0.307 e. The Morgan fingerprint density at radius 2 is 2.17 bits per heavy atom. The summed E-state index contributed by atoms with van der Waals surface area (Å²) in [5.74, 6) is 0.680. The van der Waals surface area contributed by atoms with E-state index < -0.39 is 14.6 Å². The molecule has 1 unspecified atom stereocenters. The van der Waals surface area contributed by atoms with Gasteiger partial charge >= 0.3 is 0 Å². The van der Waals surface area contributed by atoms with Crippen LogP contribution in [0.4, 0.5) is 0 Å². The van der Waals surface area contributed by atoms with Crippen molar-refractivity contribution in [2.75, 3.05) is 12.8 Å². The monoisotopic (exact) mass is 287 g/mol. The molecule has 0 aromatic carbocycles. The van der Waals surface area contributed by atoms with Crippen molar-refractivity contribution in [1.82, 2.24) is 5.32 Å². The normalized spacial score (nSPS) is 18.8. The van der Waals surface area contributed by atoms with Crippen LogP contribution in [0.3, 0.4) is 0 Å². The van der Waals surface area contributed by atoms with Crippen LogP contribution in [-0.2, 0) is 9.84 Å². The molecular formula is C13H21NO2S2. The molecule has 1 saturated carbocycles. The van der Waals surface area contributed by atoms with Crippen LogP contribution in [0.2, 0.25) is 0 Å². The van der Waals surface area contributed by atoms with Gasteiger partial charge in [0.1, 0.15) is 0 Å². The molecule has 18 heavy (non-hydrogen) atoms. The molecule has 0 amide bonds. The molecule has 5 heteroatoms. The number of thiophene rings is 1. The van der Waals surface area contributed by atoms with Gasteiger partial charge < -0.3 is 5.32 Å². The minimum absolute atomic E-state index is 0.325. The average molecular weight is 287 g/mol. The third kappa shape index (κ3) is 3.13. The molecule has 0 bridgehead atoms. The zero-order valence-electron chi connectivity index (χ0n) is 11.1. The average Bonchev–Trinajstić information content (AvgIpc) is 2.92. The Hall–Kier alpha value is -0.390. The number of sulfone groups is 1. The van der Waals surface area contributed by atoms with Gasteiger partial charge in [-0.3, -0.25) is 0 Å². The molecule has 1 aromatic heterocycles. The highest BCUT2D eigenvalue weighted by Gasteiger charge is 2.36. The summed E-state index contributed by atoms with van der Waals surface area (Å²) in [4.78, 5) is 1.32. The molecule has 1 aromatic rings. The van der Waals surface area contributed by atoms with Gasteiger partial charge in [0.05, 0.1) is 4.75 Å². The van der Waals surface area contributed by atoms with Crippen LogP contribution >= 0.6 is 11.3 Å². The highest BCUT2D eigenvalue weighted by Crippen LogP contribution is 2.42. The molecule has 0 radical (unpaired) electrons. The molecule has 1 fully saturated rings. The second kappa shape index (κ2) is 4.94. The molecular weight excluding hydrogens is 266 g/mol. The van der Waals surface area contributed by atoms with E-state index in [1.54, 1.807) is 25.2 Å². The Balaban J connectivity index is 2.03. The predicted molar refractivity (Wildman–Crippen MR) is 76.7 cm³/mol. The fraction of sp³-hybridized carbons (Fsp3) is 0.692. The van der Waals surface area contributed by atoms with Crippen molar-refractivity contribution in [2.24, 2.45) is 5.92 Å². The summed E-state index contributed by atoms with van der Waals surface area (Å²) in [6.07, 6.45) is 3.80. The van der Waals surface area contributed by atoms with E-state index in [2.05, 4.69) is 22.8 Å². The first-order valence-electron chi connectivity index (χ1n) is 6.28. The van der Waals surface area contributed by atoms with Crippen molar-refractivity contribution in [3.05, 3.63) is 22.4 Å². The lowest BCUT2D eigenvalue weighted by Crippen LogP contribution is -2.43. The van der Waals surface area contributed by atoms with Crippen molar-refractivity contribution in [3.8, 4) is 0 Å². The second-order valence-corrected chi connectivity index (χ2v) is 9.37. The third-order valence-electron chi connectivity index (χ3n) is 3.69. The third-order valence-corrected chi connectivity index (χ3v) is 6.80. The van der Waals surface area contributed by atoms with Crippen LogP contribution in [0.5, 0.6) is 0 Å². The van der Waals surface area contributed by atoms with Gasteiger partial charge in [0, 0.05) is 23.7 Å². The SMILES string of the molecule is CC(C)(CNC(c1cccs1)C1CC1)S(C)(=O)=O. The maximum Gasteiger partial charge on any atom is 0.153 e. The molecule has 3 nitrogen and oxygen atoms in total. The van der Waals surface area contributed by atoms with Crippen LogP contribution < -0.4 is 5.32 Å². The van der Waals surface area contributed by atoms with Crippen LogP contribution in [0, 0.1) is 5.92 Å². The zero-order valence-corrected chi connectivity index (χ0v) is 12.8. The smallest absolute Gasteiger partial charge is 0.153 e. The van der Waals surface area contributed by atoms with Gasteiger partial charge in [0.25, 0.3) is 0 Å². The highest BCUT2D eigenvalue weighted by molar-refractivity contribution is 7.92. The van der Waals surface area contributed by atoms with Crippen molar-refractivity contribution in [3.63, 3.8) is 0 Å². The predicted octanol–water partition coefficient (Wildman–Crippen LogP) is 2.61. The van der Waals surface area contributed by atoms with E-state index in [0.717, 1.165) is 0 Å². The topological polar surface area (TPSA) is 46.2 Å². The quantitative estimate of drug-likeness (QED) is 0.875. The van der Waals surface area contributed by atoms with Gasteiger partial charge in [-0.15, -0.1) is 11.3 Å². The molecule has 1 heterocycles. The lowest BCUT2D eigenvalue weighted by Gasteiger charge is -2.26. The van der Waals surface area contributed by atoms with E-state index in [9.17, 15) is 8.42 Å². The summed E-state index contributed by atoms with van der Waals surface area (Å²) in [5.41, 5.74) is 0. The summed E-state index contributed by atoms with van der Waals surface area (Å²) in [7, 11) is -3.03. The lowest BCUT2D eigenvalue weighted by atomic mass is 10.1. The summed E-state index contributed by atoms with van der Waals surface area (Å²) >= 11 is 1.75.